The molecule has 3 N–H and O–H groups in total. The topological polar surface area (TPSA) is 52.2 Å². The maximum Gasteiger partial charge on any atom is 0.191 e. The summed E-state index contributed by atoms with van der Waals surface area (Å²) in [6.07, 6.45) is 6.55. The Balaban J connectivity index is 1.57. The molecule has 21 heavy (non-hydrogen) atoms. The minimum absolute atomic E-state index is 0.577. The number of hydrogen-bond acceptors (Lipinski definition) is 1. The fourth-order valence-corrected chi connectivity index (χ4v) is 3.04. The highest BCUT2D eigenvalue weighted by molar-refractivity contribution is 5.81. The molecule has 0 amide bonds. The Hall–Kier alpha value is -1.97. The molecule has 1 fully saturated rings. The summed E-state index contributed by atoms with van der Waals surface area (Å²) in [5, 5.41) is 8.19. The van der Waals surface area contributed by atoms with Crippen molar-refractivity contribution in [1.82, 2.24) is 15.6 Å². The lowest BCUT2D eigenvalue weighted by atomic mass is 9.96. The molecule has 2 aromatic rings. The van der Waals surface area contributed by atoms with Crippen molar-refractivity contribution in [2.45, 2.75) is 44.7 Å². The van der Waals surface area contributed by atoms with Crippen LogP contribution in [-0.4, -0.2) is 24.0 Å². The Kier molecular flexibility index (Phi) is 4.43. The van der Waals surface area contributed by atoms with Crippen molar-refractivity contribution in [1.29, 1.82) is 0 Å². The smallest absolute Gasteiger partial charge is 0.191 e. The average Bonchev–Trinajstić information content (AvgIpc) is 2.95. The Bertz CT molecular complexity index is 575. The van der Waals surface area contributed by atoms with Crippen molar-refractivity contribution in [2.75, 3.05) is 7.05 Å². The molecule has 3 rings (SSSR count). The average molecular weight is 284 g/mol. The second kappa shape index (κ2) is 6.66. The van der Waals surface area contributed by atoms with Gasteiger partial charge in [0.05, 0.1) is 6.54 Å². The Labute approximate surface area is 126 Å². The maximum absolute atomic E-state index is 4.33. The van der Waals surface area contributed by atoms with E-state index in [4.69, 9.17) is 0 Å². The molecule has 0 atom stereocenters. The number of hydrogen-bond donors (Lipinski definition) is 3. The lowest BCUT2D eigenvalue weighted by Crippen LogP contribution is -2.43. The highest BCUT2D eigenvalue weighted by Gasteiger charge is 2.14. The van der Waals surface area contributed by atoms with E-state index >= 15 is 0 Å². The van der Waals surface area contributed by atoms with E-state index in [1.54, 1.807) is 0 Å². The van der Waals surface area contributed by atoms with Crippen LogP contribution in [0.1, 0.15) is 37.8 Å². The minimum atomic E-state index is 0.577. The van der Waals surface area contributed by atoms with E-state index in [-0.39, 0.29) is 0 Å². The summed E-state index contributed by atoms with van der Waals surface area (Å²) >= 11 is 0. The Morgan fingerprint density at radius 1 is 1.24 bits per heavy atom. The number of para-hydroxylation sites is 1. The van der Waals surface area contributed by atoms with Crippen molar-refractivity contribution < 1.29 is 0 Å². The van der Waals surface area contributed by atoms with Crippen LogP contribution < -0.4 is 10.6 Å². The van der Waals surface area contributed by atoms with Gasteiger partial charge < -0.3 is 15.6 Å². The molecular formula is C17H24N4. The number of rotatable bonds is 3. The van der Waals surface area contributed by atoms with Gasteiger partial charge in [-0.3, -0.25) is 4.99 Å². The third-order valence-corrected chi connectivity index (χ3v) is 4.20. The van der Waals surface area contributed by atoms with Crippen LogP contribution in [0.2, 0.25) is 0 Å². The SMILES string of the molecule is CN=C(NCc1cc2ccccc2[nH]1)NC1CCCCC1. The summed E-state index contributed by atoms with van der Waals surface area (Å²) in [5.41, 5.74) is 2.37. The van der Waals surface area contributed by atoms with Gasteiger partial charge in [-0.25, -0.2) is 0 Å². The fraction of sp³-hybridized carbons (Fsp3) is 0.471. The molecule has 112 valence electrons. The van der Waals surface area contributed by atoms with Gasteiger partial charge in [-0.2, -0.15) is 0 Å². The first-order valence-electron chi connectivity index (χ1n) is 7.89. The van der Waals surface area contributed by atoms with Gasteiger partial charge in [0.2, 0.25) is 0 Å². The van der Waals surface area contributed by atoms with Crippen molar-refractivity contribution in [2.24, 2.45) is 4.99 Å². The monoisotopic (exact) mass is 284 g/mol. The quantitative estimate of drug-likeness (QED) is 0.599. The summed E-state index contributed by atoms with van der Waals surface area (Å²) in [5.74, 6) is 0.903. The first kappa shape index (κ1) is 14.0. The molecule has 0 saturated heterocycles. The van der Waals surface area contributed by atoms with Crippen molar-refractivity contribution in [3.8, 4) is 0 Å². The molecule has 1 saturated carbocycles. The van der Waals surface area contributed by atoms with E-state index in [2.05, 4.69) is 50.9 Å². The minimum Gasteiger partial charge on any atom is -0.357 e. The van der Waals surface area contributed by atoms with Crippen LogP contribution in [0.25, 0.3) is 10.9 Å². The predicted molar refractivity (Wildman–Crippen MR) is 88.5 cm³/mol. The molecular weight excluding hydrogens is 260 g/mol. The largest absolute Gasteiger partial charge is 0.357 e. The van der Waals surface area contributed by atoms with Crippen LogP contribution in [0, 0.1) is 0 Å². The van der Waals surface area contributed by atoms with Crippen molar-refractivity contribution >= 4 is 16.9 Å². The van der Waals surface area contributed by atoms with Crippen molar-refractivity contribution in [3.63, 3.8) is 0 Å². The van der Waals surface area contributed by atoms with Crippen LogP contribution in [0.5, 0.6) is 0 Å². The third kappa shape index (κ3) is 3.57. The van der Waals surface area contributed by atoms with E-state index in [0.717, 1.165) is 12.5 Å². The summed E-state index contributed by atoms with van der Waals surface area (Å²) in [6.45, 7) is 0.765. The standard InChI is InChI=1S/C17H24N4/c1-18-17(21-14-8-3-2-4-9-14)19-12-15-11-13-7-5-6-10-16(13)20-15/h5-7,10-11,14,20H,2-4,8-9,12H2,1H3,(H2,18,19,21). The molecule has 0 spiro atoms. The molecule has 4 nitrogen and oxygen atoms in total. The zero-order chi connectivity index (χ0) is 14.5. The van der Waals surface area contributed by atoms with Crippen molar-refractivity contribution in [3.05, 3.63) is 36.0 Å². The molecule has 1 aliphatic rings. The molecule has 1 aliphatic carbocycles. The number of fused-ring (bicyclic) bond motifs is 1. The summed E-state index contributed by atoms with van der Waals surface area (Å²) in [4.78, 5) is 7.77. The lowest BCUT2D eigenvalue weighted by Gasteiger charge is -2.24. The zero-order valence-corrected chi connectivity index (χ0v) is 12.7. The van der Waals surface area contributed by atoms with E-state index < -0.39 is 0 Å². The molecule has 1 aromatic heterocycles. The lowest BCUT2D eigenvalue weighted by molar-refractivity contribution is 0.410. The molecule has 0 aliphatic heterocycles. The number of nitrogens with one attached hydrogen (secondary N) is 3. The summed E-state index contributed by atoms with van der Waals surface area (Å²) in [6, 6.07) is 11.1. The van der Waals surface area contributed by atoms with Gasteiger partial charge in [0.25, 0.3) is 0 Å². The maximum atomic E-state index is 4.33. The molecule has 4 heteroatoms. The Morgan fingerprint density at radius 2 is 2.05 bits per heavy atom. The van der Waals surface area contributed by atoms with Gasteiger partial charge in [-0.1, -0.05) is 37.5 Å². The van der Waals surface area contributed by atoms with Crippen LogP contribution >= 0.6 is 0 Å². The molecule has 0 unspecified atom stereocenters. The highest BCUT2D eigenvalue weighted by atomic mass is 15.2. The normalized spacial score (nSPS) is 17.1. The van der Waals surface area contributed by atoms with E-state index in [1.165, 1.54) is 48.7 Å². The van der Waals surface area contributed by atoms with E-state index in [9.17, 15) is 0 Å². The molecule has 0 bridgehead atoms. The van der Waals surface area contributed by atoms with Gasteiger partial charge in [0.15, 0.2) is 5.96 Å². The van der Waals surface area contributed by atoms with Crippen LogP contribution in [-0.2, 0) is 6.54 Å². The van der Waals surface area contributed by atoms with Gasteiger partial charge in [0.1, 0.15) is 0 Å². The predicted octanol–water partition coefficient (Wildman–Crippen LogP) is 3.17. The second-order valence-corrected chi connectivity index (χ2v) is 5.79. The van der Waals surface area contributed by atoms with Gasteiger partial charge in [0, 0.05) is 24.3 Å². The first-order valence-corrected chi connectivity index (χ1v) is 7.89. The van der Waals surface area contributed by atoms with Gasteiger partial charge >= 0.3 is 0 Å². The Morgan fingerprint density at radius 3 is 2.81 bits per heavy atom. The van der Waals surface area contributed by atoms with E-state index in [0.29, 0.717) is 6.04 Å². The number of aliphatic imine (C=N–C) groups is 1. The number of guanidine groups is 1. The summed E-state index contributed by atoms with van der Waals surface area (Å²) < 4.78 is 0. The van der Waals surface area contributed by atoms with E-state index in [1.807, 2.05) is 7.05 Å². The summed E-state index contributed by atoms with van der Waals surface area (Å²) in [7, 11) is 1.84. The molecule has 1 aromatic carbocycles. The fourth-order valence-electron chi connectivity index (χ4n) is 3.04. The van der Waals surface area contributed by atoms with Crippen LogP contribution in [0.4, 0.5) is 0 Å². The molecule has 1 heterocycles. The van der Waals surface area contributed by atoms with Crippen LogP contribution in [0.15, 0.2) is 35.3 Å². The zero-order valence-electron chi connectivity index (χ0n) is 12.7. The van der Waals surface area contributed by atoms with Crippen LogP contribution in [0.3, 0.4) is 0 Å². The number of H-pyrrole nitrogens is 1. The molecule has 0 radical (unpaired) electrons. The number of aromatic amines is 1. The second-order valence-electron chi connectivity index (χ2n) is 5.79. The number of benzene rings is 1. The third-order valence-electron chi connectivity index (χ3n) is 4.20. The highest BCUT2D eigenvalue weighted by Crippen LogP contribution is 2.17. The van der Waals surface area contributed by atoms with Gasteiger partial charge in [-0.15, -0.1) is 0 Å². The first-order chi connectivity index (χ1) is 10.3. The number of nitrogens with zero attached hydrogens (tertiary/aromatic N) is 1. The number of aromatic nitrogens is 1. The van der Waals surface area contributed by atoms with Gasteiger partial charge in [-0.05, 0) is 30.4 Å².